The molecule has 0 aromatic carbocycles. The normalized spacial score (nSPS) is 12.2. The Hall–Kier alpha value is 0.190. The molecule has 0 aromatic rings. The molecule has 1 unspecified atom stereocenters. The molecule has 76 valence electrons. The van der Waals surface area contributed by atoms with E-state index in [9.17, 15) is 0 Å². The molecule has 6 N–H and O–H groups in total. The van der Waals surface area contributed by atoms with Crippen molar-refractivity contribution >= 4 is 8.60 Å². The van der Waals surface area contributed by atoms with Crippen molar-refractivity contribution in [1.82, 2.24) is 0 Å². The van der Waals surface area contributed by atoms with Gasteiger partial charge in [0.1, 0.15) is 0 Å². The Labute approximate surface area is 72.6 Å². The molecule has 0 bridgehead atoms. The maximum Gasteiger partial charge on any atom is 0.327 e. The van der Waals surface area contributed by atoms with Crippen LogP contribution in [0.3, 0.4) is 0 Å². The van der Waals surface area contributed by atoms with Gasteiger partial charge >= 0.3 is 8.60 Å². The van der Waals surface area contributed by atoms with E-state index in [1.807, 2.05) is 0 Å². The lowest BCUT2D eigenvalue weighted by molar-refractivity contribution is 0.113. The van der Waals surface area contributed by atoms with E-state index in [-0.39, 0.29) is 13.2 Å². The van der Waals surface area contributed by atoms with Crippen LogP contribution in [-0.2, 0) is 4.52 Å². The fourth-order valence-electron chi connectivity index (χ4n) is 0.175. The van der Waals surface area contributed by atoms with Crippen LogP contribution < -0.4 is 5.73 Å². The first-order chi connectivity index (χ1) is 5.54. The molecule has 1 atom stereocenters. The third kappa shape index (κ3) is 22.5. The summed E-state index contributed by atoms with van der Waals surface area (Å²) in [4.78, 5) is 16.2. The first-order valence-corrected chi connectivity index (χ1v) is 4.50. The largest absolute Gasteiger partial charge is 0.395 e. The molecule has 12 heavy (non-hydrogen) atoms. The number of nitrogens with two attached hydrogens (primary N) is 1. The maximum atomic E-state index is 8.46. The van der Waals surface area contributed by atoms with Gasteiger partial charge in [-0.2, -0.15) is 0 Å². The molecule has 0 rings (SSSR count). The van der Waals surface area contributed by atoms with Crippen LogP contribution in [0.2, 0.25) is 0 Å². The Morgan fingerprint density at radius 3 is 2.00 bits per heavy atom. The van der Waals surface area contributed by atoms with E-state index in [2.05, 4.69) is 4.52 Å². The lowest BCUT2D eigenvalue weighted by Gasteiger charge is -2.04. The summed E-state index contributed by atoms with van der Waals surface area (Å²) in [6, 6.07) is 0. The summed E-state index contributed by atoms with van der Waals surface area (Å²) < 4.78 is 4.23. The van der Waals surface area contributed by atoms with Crippen LogP contribution in [-0.4, -0.2) is 45.9 Å². The van der Waals surface area contributed by atoms with Gasteiger partial charge in [-0.3, -0.25) is 0 Å². The fraction of sp³-hybridized carbons (Fsp3) is 1.00. The van der Waals surface area contributed by atoms with Gasteiger partial charge in [-0.05, 0) is 6.92 Å². The minimum atomic E-state index is -2.29. The van der Waals surface area contributed by atoms with Crippen molar-refractivity contribution in [2.75, 3.05) is 19.8 Å². The summed E-state index contributed by atoms with van der Waals surface area (Å²) in [6.07, 6.45) is -0.640. The lowest BCUT2D eigenvalue weighted by atomic mass is 10.5. The average Bonchev–Trinajstić information content (AvgIpc) is 2.01. The molecule has 0 aliphatic rings. The van der Waals surface area contributed by atoms with E-state index in [0.29, 0.717) is 6.54 Å². The van der Waals surface area contributed by atoms with Gasteiger partial charge in [0.05, 0.1) is 19.3 Å². The maximum absolute atomic E-state index is 8.46. The van der Waals surface area contributed by atoms with Gasteiger partial charge in [0.2, 0.25) is 0 Å². The number of hydrogen-bond acceptors (Lipinski definition) is 6. The molecule has 7 heteroatoms. The van der Waals surface area contributed by atoms with Gasteiger partial charge in [0, 0.05) is 6.54 Å². The van der Waals surface area contributed by atoms with Crippen molar-refractivity contribution in [3.8, 4) is 0 Å². The number of aliphatic hydroxyl groups is 2. The smallest absolute Gasteiger partial charge is 0.327 e. The fourth-order valence-corrected chi connectivity index (χ4v) is 0.524. The number of hydrogen-bond donors (Lipinski definition) is 5. The molecule has 0 amide bonds. The summed E-state index contributed by atoms with van der Waals surface area (Å²) in [7, 11) is -2.29. The van der Waals surface area contributed by atoms with Gasteiger partial charge in [-0.1, -0.05) is 0 Å². The van der Waals surface area contributed by atoms with Crippen molar-refractivity contribution in [2.45, 2.75) is 13.0 Å². The van der Waals surface area contributed by atoms with Crippen LogP contribution >= 0.6 is 8.60 Å². The van der Waals surface area contributed by atoms with Gasteiger partial charge in [-0.15, -0.1) is 0 Å². The molecule has 0 fully saturated rings. The quantitative estimate of drug-likeness (QED) is 0.355. The third-order valence-electron chi connectivity index (χ3n) is 0.560. The number of aliphatic hydroxyl groups excluding tert-OH is 2. The van der Waals surface area contributed by atoms with E-state index < -0.39 is 14.7 Å². The monoisotopic (exact) mass is 201 g/mol. The van der Waals surface area contributed by atoms with Gasteiger partial charge in [0.15, 0.2) is 0 Å². The predicted molar refractivity (Wildman–Crippen MR) is 45.1 cm³/mol. The summed E-state index contributed by atoms with van der Waals surface area (Å²) >= 11 is 0. The van der Waals surface area contributed by atoms with Crippen LogP contribution in [0.1, 0.15) is 6.92 Å². The molecule has 0 aliphatic heterocycles. The first kappa shape index (κ1) is 14.7. The molecule has 0 radical (unpaired) electrons. The highest BCUT2D eigenvalue weighted by molar-refractivity contribution is 7.39. The molecule has 0 aliphatic carbocycles. The van der Waals surface area contributed by atoms with Crippen molar-refractivity contribution in [3.05, 3.63) is 0 Å². The second-order valence-corrected chi connectivity index (χ2v) is 2.67. The van der Waals surface area contributed by atoms with Gasteiger partial charge < -0.3 is 30.3 Å². The van der Waals surface area contributed by atoms with Crippen LogP contribution in [0, 0.1) is 0 Å². The molecular formula is C5H16NO5P. The molecular weight excluding hydrogens is 185 g/mol. The summed E-state index contributed by atoms with van der Waals surface area (Å²) in [5.41, 5.74) is 4.78. The SMILES string of the molecule is CC(O)COP(O)O.NCCO. The van der Waals surface area contributed by atoms with Crippen molar-refractivity contribution < 1.29 is 24.5 Å². The van der Waals surface area contributed by atoms with Crippen LogP contribution in [0.25, 0.3) is 0 Å². The van der Waals surface area contributed by atoms with E-state index in [1.165, 1.54) is 6.92 Å². The summed E-state index contributed by atoms with van der Waals surface area (Å²) in [5.74, 6) is 0. The van der Waals surface area contributed by atoms with Crippen LogP contribution in [0.15, 0.2) is 0 Å². The minimum absolute atomic E-state index is 0.0291. The molecule has 0 spiro atoms. The second-order valence-electron chi connectivity index (χ2n) is 1.91. The Bertz CT molecular complexity index is 72.2. The highest BCUT2D eigenvalue weighted by Crippen LogP contribution is 2.23. The zero-order valence-electron chi connectivity index (χ0n) is 6.92. The van der Waals surface area contributed by atoms with Crippen molar-refractivity contribution in [3.63, 3.8) is 0 Å². The van der Waals surface area contributed by atoms with Crippen LogP contribution in [0.4, 0.5) is 0 Å². The highest BCUT2D eigenvalue weighted by Gasteiger charge is 2.00. The first-order valence-electron chi connectivity index (χ1n) is 3.34. The Morgan fingerprint density at radius 2 is 1.92 bits per heavy atom. The standard InChI is InChI=1S/C3H9O4P.C2H7NO/c1-3(4)2-7-8(5)6;3-1-2-4/h3-6H,2H2,1H3;4H,1-3H2. The average molecular weight is 201 g/mol. The van der Waals surface area contributed by atoms with Crippen LogP contribution in [0.5, 0.6) is 0 Å². The third-order valence-corrected chi connectivity index (χ3v) is 0.940. The van der Waals surface area contributed by atoms with Crippen molar-refractivity contribution in [1.29, 1.82) is 0 Å². The predicted octanol–water partition coefficient (Wildman–Crippen LogP) is -1.47. The van der Waals surface area contributed by atoms with Crippen molar-refractivity contribution in [2.24, 2.45) is 5.73 Å². The molecule has 0 saturated heterocycles. The Morgan fingerprint density at radius 1 is 1.50 bits per heavy atom. The van der Waals surface area contributed by atoms with E-state index in [1.54, 1.807) is 0 Å². The Balaban J connectivity index is 0. The topological polar surface area (TPSA) is 116 Å². The second kappa shape index (κ2) is 11.2. The summed E-state index contributed by atoms with van der Waals surface area (Å²) in [5, 5.41) is 16.2. The lowest BCUT2D eigenvalue weighted by Crippen LogP contribution is -2.07. The molecule has 0 saturated carbocycles. The summed E-state index contributed by atoms with van der Waals surface area (Å²) in [6.45, 7) is 1.94. The van der Waals surface area contributed by atoms with E-state index in [0.717, 1.165) is 0 Å². The van der Waals surface area contributed by atoms with Gasteiger partial charge in [-0.25, -0.2) is 0 Å². The zero-order chi connectivity index (χ0) is 9.98. The highest BCUT2D eigenvalue weighted by atomic mass is 31.2. The number of rotatable bonds is 4. The van der Waals surface area contributed by atoms with Gasteiger partial charge in [0.25, 0.3) is 0 Å². The van der Waals surface area contributed by atoms with E-state index in [4.69, 9.17) is 25.7 Å². The Kier molecular flexibility index (Phi) is 13.7. The zero-order valence-corrected chi connectivity index (χ0v) is 7.81. The van der Waals surface area contributed by atoms with E-state index >= 15 is 0 Å². The molecule has 0 heterocycles. The molecule has 0 aromatic heterocycles. The molecule has 6 nitrogen and oxygen atoms in total. The minimum Gasteiger partial charge on any atom is -0.395 e.